The zero-order valence-corrected chi connectivity index (χ0v) is 22.3. The van der Waals surface area contributed by atoms with Crippen molar-refractivity contribution in [3.05, 3.63) is 69.7 Å². The van der Waals surface area contributed by atoms with Crippen LogP contribution in [0.1, 0.15) is 34.5 Å². The van der Waals surface area contributed by atoms with Crippen LogP contribution in [0.2, 0.25) is 0 Å². The van der Waals surface area contributed by atoms with E-state index >= 15 is 0 Å². The maximum absolute atomic E-state index is 13.0. The fourth-order valence-corrected chi connectivity index (χ4v) is 5.21. The number of furan rings is 1. The van der Waals surface area contributed by atoms with Crippen molar-refractivity contribution in [1.29, 1.82) is 0 Å². The molecule has 8 nitrogen and oxygen atoms in total. The average molecular weight is 599 g/mol. The van der Waals surface area contributed by atoms with Gasteiger partial charge in [-0.3, -0.25) is 9.52 Å². The Bertz CT molecular complexity index is 1610. The topological polar surface area (TPSA) is 106 Å². The molecule has 0 aliphatic heterocycles. The lowest BCUT2D eigenvalue weighted by Crippen LogP contribution is -2.30. The number of benzene rings is 2. The van der Waals surface area contributed by atoms with Gasteiger partial charge in [0.15, 0.2) is 5.76 Å². The van der Waals surface area contributed by atoms with Gasteiger partial charge in [0.25, 0.3) is 5.91 Å². The Hall–Kier alpha value is -3.32. The first-order chi connectivity index (χ1) is 17.4. The van der Waals surface area contributed by atoms with Gasteiger partial charge in [0, 0.05) is 31.0 Å². The number of nitrogens with one attached hydrogen (secondary N) is 2. The maximum Gasteiger partial charge on any atom is 0.516 e. The Labute approximate surface area is 219 Å². The molecule has 0 aliphatic carbocycles. The third kappa shape index (κ3) is 4.97. The number of halogens is 4. The maximum atomic E-state index is 13.0. The minimum Gasteiger partial charge on any atom is -0.455 e. The molecular formula is C24H22BrF3N4O4S. The van der Waals surface area contributed by atoms with Crippen LogP contribution < -0.4 is 10.0 Å². The highest BCUT2D eigenvalue weighted by Crippen LogP contribution is 2.42. The van der Waals surface area contributed by atoms with Gasteiger partial charge in [-0.1, -0.05) is 25.1 Å². The second-order valence-corrected chi connectivity index (χ2v) is 10.6. The molecule has 4 aromatic rings. The number of anilines is 1. The predicted octanol–water partition coefficient (Wildman–Crippen LogP) is 5.60. The second kappa shape index (κ2) is 9.86. The van der Waals surface area contributed by atoms with Gasteiger partial charge < -0.3 is 14.3 Å². The Balaban J connectivity index is 1.77. The summed E-state index contributed by atoms with van der Waals surface area (Å²) >= 11 is 3.47. The molecule has 2 heterocycles. The Morgan fingerprint density at radius 3 is 2.54 bits per heavy atom. The summed E-state index contributed by atoms with van der Waals surface area (Å²) in [6, 6.07) is 11.0. The molecule has 1 amide bonds. The Kier molecular flexibility index (Phi) is 7.12. The molecule has 2 aromatic heterocycles. The third-order valence-electron chi connectivity index (χ3n) is 5.73. The first kappa shape index (κ1) is 26.7. The van der Waals surface area contributed by atoms with Crippen LogP contribution in [-0.2, 0) is 23.0 Å². The van der Waals surface area contributed by atoms with Crippen LogP contribution in [0.3, 0.4) is 0 Å². The van der Waals surface area contributed by atoms with Crippen LogP contribution in [0.5, 0.6) is 0 Å². The zero-order chi connectivity index (χ0) is 27.1. The number of carbonyl (C=O) groups excluding carboxylic acids is 1. The number of aryl methyl sites for hydroxylation is 2. The summed E-state index contributed by atoms with van der Waals surface area (Å²) in [6.07, 6.45) is 0.615. The largest absolute Gasteiger partial charge is 0.516 e. The van der Waals surface area contributed by atoms with Gasteiger partial charge in [-0.25, -0.2) is 4.98 Å². The molecule has 0 bridgehead atoms. The van der Waals surface area contributed by atoms with E-state index in [2.05, 4.69) is 26.2 Å². The van der Waals surface area contributed by atoms with Gasteiger partial charge in [-0.2, -0.15) is 21.6 Å². The fourth-order valence-electron chi connectivity index (χ4n) is 4.02. The van der Waals surface area contributed by atoms with Crippen LogP contribution >= 0.6 is 15.9 Å². The van der Waals surface area contributed by atoms with Crippen LogP contribution in [0.15, 0.2) is 51.4 Å². The summed E-state index contributed by atoms with van der Waals surface area (Å²) in [5.74, 6) is 0.649. The van der Waals surface area contributed by atoms with E-state index in [4.69, 9.17) is 4.42 Å². The lowest BCUT2D eigenvalue weighted by molar-refractivity contribution is -0.0429. The van der Waals surface area contributed by atoms with E-state index in [1.807, 2.05) is 23.6 Å². The van der Waals surface area contributed by atoms with E-state index in [1.165, 1.54) is 18.2 Å². The number of sulfonamides is 1. The van der Waals surface area contributed by atoms with Crippen LogP contribution in [0.4, 0.5) is 18.9 Å². The number of rotatable bonds is 7. The van der Waals surface area contributed by atoms with Crippen molar-refractivity contribution in [3.8, 4) is 11.3 Å². The number of hydrogen-bond donors (Lipinski definition) is 2. The van der Waals surface area contributed by atoms with E-state index in [1.54, 1.807) is 30.8 Å². The van der Waals surface area contributed by atoms with Crippen molar-refractivity contribution in [3.63, 3.8) is 0 Å². The number of imidazole rings is 1. The highest BCUT2D eigenvalue weighted by Gasteiger charge is 2.46. The van der Waals surface area contributed by atoms with Crippen LogP contribution in [-0.4, -0.2) is 36.4 Å². The molecule has 4 rings (SSSR count). The number of hydrogen-bond acceptors (Lipinski definition) is 5. The molecule has 0 aliphatic rings. The third-order valence-corrected chi connectivity index (χ3v) is 7.62. The molecular weight excluding hydrogens is 577 g/mol. The summed E-state index contributed by atoms with van der Waals surface area (Å²) in [7, 11) is -4.08. The summed E-state index contributed by atoms with van der Waals surface area (Å²) in [6.45, 7) is 4.06. The number of nitrogens with zero attached hydrogens (tertiary/aromatic N) is 2. The lowest BCUT2D eigenvalue weighted by atomic mass is 10.1. The minimum atomic E-state index is -5.63. The number of aromatic nitrogens is 2. The molecule has 0 saturated heterocycles. The SMILES string of the molecule is CCc1nc(C)c(C(=O)NC)n1Cc1ccc2oc(-c3ccccc3NS(=O)(=O)C(F)(F)F)c(Br)c2c1. The summed E-state index contributed by atoms with van der Waals surface area (Å²) in [4.78, 5) is 17.0. The Morgan fingerprint density at radius 1 is 1.19 bits per heavy atom. The highest BCUT2D eigenvalue weighted by atomic mass is 79.9. The van der Waals surface area contributed by atoms with Crippen LogP contribution in [0.25, 0.3) is 22.3 Å². The first-order valence-electron chi connectivity index (χ1n) is 11.1. The van der Waals surface area contributed by atoms with E-state index < -0.39 is 15.5 Å². The van der Waals surface area contributed by atoms with Crippen molar-refractivity contribution >= 4 is 48.5 Å². The minimum absolute atomic E-state index is 0.125. The molecule has 0 saturated carbocycles. The normalized spacial score (nSPS) is 12.2. The zero-order valence-electron chi connectivity index (χ0n) is 19.9. The summed E-state index contributed by atoms with van der Waals surface area (Å²) in [5.41, 5.74) is -3.31. The summed E-state index contributed by atoms with van der Waals surface area (Å²) < 4.78 is 72.1. The molecule has 0 fully saturated rings. The molecule has 0 spiro atoms. The molecule has 196 valence electrons. The molecule has 0 atom stereocenters. The van der Waals surface area contributed by atoms with E-state index in [9.17, 15) is 26.4 Å². The number of alkyl halides is 3. The standard InChI is InChI=1S/C24H22BrF3N4O4S/c1-4-19-30-13(2)21(23(33)29-3)32(19)12-14-9-10-18-16(11-14)20(25)22(36-18)15-7-5-6-8-17(15)31-37(34,35)24(26,27)28/h5-11,31H,4,12H2,1-3H3,(H,29,33). The number of para-hydroxylation sites is 1. The molecule has 2 aromatic carbocycles. The molecule has 37 heavy (non-hydrogen) atoms. The van der Waals surface area contributed by atoms with Crippen molar-refractivity contribution in [1.82, 2.24) is 14.9 Å². The van der Waals surface area contributed by atoms with Crippen LogP contribution in [0, 0.1) is 6.92 Å². The van der Waals surface area contributed by atoms with Gasteiger partial charge in [-0.15, -0.1) is 0 Å². The highest BCUT2D eigenvalue weighted by molar-refractivity contribution is 9.10. The van der Waals surface area contributed by atoms with Gasteiger partial charge in [0.1, 0.15) is 17.1 Å². The van der Waals surface area contributed by atoms with Crippen molar-refractivity contribution in [2.45, 2.75) is 32.3 Å². The van der Waals surface area contributed by atoms with Crippen molar-refractivity contribution in [2.24, 2.45) is 0 Å². The van der Waals surface area contributed by atoms with Gasteiger partial charge in [0.05, 0.1) is 15.9 Å². The van der Waals surface area contributed by atoms with Crippen molar-refractivity contribution < 1.29 is 30.8 Å². The van der Waals surface area contributed by atoms with E-state index in [0.29, 0.717) is 39.8 Å². The van der Waals surface area contributed by atoms with Gasteiger partial charge in [-0.05, 0) is 52.7 Å². The Morgan fingerprint density at radius 2 is 1.89 bits per heavy atom. The number of fused-ring (bicyclic) bond motifs is 1. The average Bonchev–Trinajstić information content (AvgIpc) is 3.33. The van der Waals surface area contributed by atoms with E-state index in [-0.39, 0.29) is 22.9 Å². The second-order valence-electron chi connectivity index (χ2n) is 8.15. The number of amides is 1. The summed E-state index contributed by atoms with van der Waals surface area (Å²) in [5, 5.41) is 3.26. The predicted molar refractivity (Wildman–Crippen MR) is 137 cm³/mol. The molecule has 13 heteroatoms. The van der Waals surface area contributed by atoms with Crippen molar-refractivity contribution in [2.75, 3.05) is 11.8 Å². The lowest BCUT2D eigenvalue weighted by Gasteiger charge is -2.13. The molecule has 0 radical (unpaired) electrons. The quantitative estimate of drug-likeness (QED) is 0.288. The smallest absolute Gasteiger partial charge is 0.455 e. The monoisotopic (exact) mass is 598 g/mol. The molecule has 2 N–H and O–H groups in total. The van der Waals surface area contributed by atoms with Gasteiger partial charge in [0.2, 0.25) is 0 Å². The number of carbonyl (C=O) groups is 1. The first-order valence-corrected chi connectivity index (χ1v) is 13.3. The fraction of sp³-hybridized carbons (Fsp3) is 0.250. The van der Waals surface area contributed by atoms with E-state index in [0.717, 1.165) is 11.4 Å². The van der Waals surface area contributed by atoms with Gasteiger partial charge >= 0.3 is 15.5 Å². The molecule has 0 unspecified atom stereocenters.